The lowest BCUT2D eigenvalue weighted by Crippen LogP contribution is -2.09. The zero-order valence-corrected chi connectivity index (χ0v) is 10.4. The molecule has 0 aliphatic heterocycles. The summed E-state index contributed by atoms with van der Waals surface area (Å²) in [7, 11) is 0. The molecule has 1 saturated carbocycles. The molecule has 5 heteroatoms. The Hall–Kier alpha value is -2.17. The predicted molar refractivity (Wildman–Crippen MR) is 72.8 cm³/mol. The number of aromatic nitrogens is 2. The van der Waals surface area contributed by atoms with E-state index in [-0.39, 0.29) is 17.5 Å². The van der Waals surface area contributed by atoms with Gasteiger partial charge in [-0.2, -0.15) is 0 Å². The topological polar surface area (TPSA) is 77.8 Å². The van der Waals surface area contributed by atoms with Crippen molar-refractivity contribution in [3.05, 3.63) is 35.8 Å². The van der Waals surface area contributed by atoms with Gasteiger partial charge < -0.3 is 11.5 Å². The quantitative estimate of drug-likeness (QED) is 0.868. The van der Waals surface area contributed by atoms with Crippen molar-refractivity contribution in [1.29, 1.82) is 0 Å². The van der Waals surface area contributed by atoms with Crippen LogP contribution in [-0.2, 0) is 0 Å². The molecule has 19 heavy (non-hydrogen) atoms. The van der Waals surface area contributed by atoms with Crippen LogP contribution in [0.2, 0.25) is 0 Å². The molecule has 0 radical (unpaired) electrons. The first kappa shape index (κ1) is 11.9. The minimum atomic E-state index is -0.289. The van der Waals surface area contributed by atoms with Crippen LogP contribution in [0.1, 0.15) is 30.7 Å². The van der Waals surface area contributed by atoms with E-state index in [1.54, 1.807) is 12.1 Å². The van der Waals surface area contributed by atoms with Crippen LogP contribution in [-0.4, -0.2) is 9.97 Å². The van der Waals surface area contributed by atoms with E-state index in [0.29, 0.717) is 17.2 Å². The smallest absolute Gasteiger partial charge is 0.166 e. The molecule has 4 nitrogen and oxygen atoms in total. The number of hydrogen-bond donors (Lipinski definition) is 2. The fourth-order valence-corrected chi connectivity index (χ4v) is 2.28. The summed E-state index contributed by atoms with van der Waals surface area (Å²) in [6, 6.07) is 5.28. The standard InChI is InChI=1S/C14H15FN4/c15-11-6-9(8-2-1-3-8)4-5-10(11)12-7-18-13(16)14(17)19-12/h4-8H,1-3H2,(H2,16,18)(H2,17,19). The summed E-state index contributed by atoms with van der Waals surface area (Å²) in [6.45, 7) is 0. The van der Waals surface area contributed by atoms with Gasteiger partial charge in [-0.3, -0.25) is 0 Å². The average molecular weight is 258 g/mol. The van der Waals surface area contributed by atoms with Crippen molar-refractivity contribution in [3.63, 3.8) is 0 Å². The van der Waals surface area contributed by atoms with E-state index in [1.165, 1.54) is 12.6 Å². The minimum absolute atomic E-state index is 0.125. The first-order valence-electron chi connectivity index (χ1n) is 6.33. The van der Waals surface area contributed by atoms with Crippen molar-refractivity contribution >= 4 is 11.6 Å². The molecule has 0 spiro atoms. The van der Waals surface area contributed by atoms with Gasteiger partial charge in [0.05, 0.1) is 11.9 Å². The SMILES string of the molecule is Nc1ncc(-c2ccc(C3CCC3)cc2F)nc1N. The molecule has 0 unspecified atom stereocenters. The molecule has 3 rings (SSSR count). The highest BCUT2D eigenvalue weighted by atomic mass is 19.1. The van der Waals surface area contributed by atoms with Gasteiger partial charge in [0.2, 0.25) is 0 Å². The second kappa shape index (κ2) is 4.50. The predicted octanol–water partition coefficient (Wildman–Crippen LogP) is 2.71. The third-order valence-corrected chi connectivity index (χ3v) is 3.67. The maximum Gasteiger partial charge on any atom is 0.166 e. The van der Waals surface area contributed by atoms with Crippen LogP contribution < -0.4 is 11.5 Å². The summed E-state index contributed by atoms with van der Waals surface area (Å²) in [5.41, 5.74) is 13.0. The van der Waals surface area contributed by atoms with Crippen LogP contribution in [0.4, 0.5) is 16.0 Å². The van der Waals surface area contributed by atoms with Gasteiger partial charge in [-0.05, 0) is 36.5 Å². The summed E-state index contributed by atoms with van der Waals surface area (Å²) in [5.74, 6) is 0.504. The van der Waals surface area contributed by atoms with Crippen LogP contribution >= 0.6 is 0 Å². The molecule has 1 aromatic heterocycles. The van der Waals surface area contributed by atoms with Crippen LogP contribution in [0.25, 0.3) is 11.3 Å². The van der Waals surface area contributed by atoms with E-state index < -0.39 is 0 Å². The largest absolute Gasteiger partial charge is 0.381 e. The van der Waals surface area contributed by atoms with E-state index in [9.17, 15) is 4.39 Å². The molecule has 1 aliphatic rings. The first-order valence-corrected chi connectivity index (χ1v) is 6.33. The molecule has 98 valence electrons. The second-order valence-corrected chi connectivity index (χ2v) is 4.89. The van der Waals surface area contributed by atoms with Gasteiger partial charge >= 0.3 is 0 Å². The lowest BCUT2D eigenvalue weighted by molar-refractivity contribution is 0.418. The van der Waals surface area contributed by atoms with E-state index in [1.807, 2.05) is 6.07 Å². The van der Waals surface area contributed by atoms with Crippen LogP contribution in [0, 0.1) is 5.82 Å². The molecular weight excluding hydrogens is 243 g/mol. The number of nitrogens with two attached hydrogens (primary N) is 2. The summed E-state index contributed by atoms with van der Waals surface area (Å²) >= 11 is 0. The third-order valence-electron chi connectivity index (χ3n) is 3.67. The molecule has 0 bridgehead atoms. The second-order valence-electron chi connectivity index (χ2n) is 4.89. The highest BCUT2D eigenvalue weighted by Gasteiger charge is 2.20. The summed E-state index contributed by atoms with van der Waals surface area (Å²) < 4.78 is 14.1. The van der Waals surface area contributed by atoms with Crippen LogP contribution in [0.3, 0.4) is 0 Å². The van der Waals surface area contributed by atoms with Gasteiger partial charge in [0, 0.05) is 5.56 Å². The fraction of sp³-hybridized carbons (Fsp3) is 0.286. The maximum absolute atomic E-state index is 14.1. The average Bonchev–Trinajstić information content (AvgIpc) is 2.31. The first-order chi connectivity index (χ1) is 9.15. The molecule has 1 aromatic carbocycles. The number of rotatable bonds is 2. The van der Waals surface area contributed by atoms with Crippen LogP contribution in [0.5, 0.6) is 0 Å². The fourth-order valence-electron chi connectivity index (χ4n) is 2.28. The Morgan fingerprint density at radius 2 is 1.95 bits per heavy atom. The number of nitrogen functional groups attached to an aromatic ring is 2. The highest BCUT2D eigenvalue weighted by Crippen LogP contribution is 2.37. The highest BCUT2D eigenvalue weighted by molar-refractivity contribution is 5.64. The van der Waals surface area contributed by atoms with Gasteiger partial charge in [-0.15, -0.1) is 0 Å². The van der Waals surface area contributed by atoms with E-state index >= 15 is 0 Å². The van der Waals surface area contributed by atoms with E-state index in [0.717, 1.165) is 18.4 Å². The molecule has 2 aromatic rings. The van der Waals surface area contributed by atoms with Crippen molar-refractivity contribution in [1.82, 2.24) is 9.97 Å². The van der Waals surface area contributed by atoms with Gasteiger partial charge in [0.25, 0.3) is 0 Å². The van der Waals surface area contributed by atoms with Crippen molar-refractivity contribution in [2.24, 2.45) is 0 Å². The van der Waals surface area contributed by atoms with E-state index in [4.69, 9.17) is 11.5 Å². The minimum Gasteiger partial charge on any atom is -0.381 e. The Kier molecular flexibility index (Phi) is 2.81. The monoisotopic (exact) mass is 258 g/mol. The summed E-state index contributed by atoms with van der Waals surface area (Å²) in [4.78, 5) is 7.97. The number of hydrogen-bond acceptors (Lipinski definition) is 4. The summed E-state index contributed by atoms with van der Waals surface area (Å²) in [5, 5.41) is 0. The molecular formula is C14H15FN4. The zero-order chi connectivity index (χ0) is 13.4. The Morgan fingerprint density at radius 1 is 1.16 bits per heavy atom. The normalized spacial score (nSPS) is 15.2. The molecule has 0 amide bonds. The van der Waals surface area contributed by atoms with Crippen molar-refractivity contribution in [2.45, 2.75) is 25.2 Å². The van der Waals surface area contributed by atoms with E-state index in [2.05, 4.69) is 9.97 Å². The maximum atomic E-state index is 14.1. The van der Waals surface area contributed by atoms with Gasteiger partial charge in [-0.1, -0.05) is 12.5 Å². The van der Waals surface area contributed by atoms with Crippen molar-refractivity contribution < 1.29 is 4.39 Å². The van der Waals surface area contributed by atoms with Gasteiger partial charge in [0.15, 0.2) is 11.6 Å². The lowest BCUT2D eigenvalue weighted by Gasteiger charge is -2.26. The van der Waals surface area contributed by atoms with Gasteiger partial charge in [-0.25, -0.2) is 14.4 Å². The number of anilines is 2. The van der Waals surface area contributed by atoms with Gasteiger partial charge in [0.1, 0.15) is 5.82 Å². The third kappa shape index (κ3) is 2.12. The lowest BCUT2D eigenvalue weighted by atomic mass is 9.80. The molecule has 1 fully saturated rings. The molecule has 0 atom stereocenters. The Labute approximate surface area is 110 Å². The Balaban J connectivity index is 1.97. The van der Waals surface area contributed by atoms with Crippen LogP contribution in [0.15, 0.2) is 24.4 Å². The zero-order valence-electron chi connectivity index (χ0n) is 10.4. The molecule has 1 aliphatic carbocycles. The number of halogens is 1. The Bertz CT molecular complexity index is 623. The Morgan fingerprint density at radius 3 is 2.53 bits per heavy atom. The molecule has 0 saturated heterocycles. The van der Waals surface area contributed by atoms with Crippen molar-refractivity contribution in [3.8, 4) is 11.3 Å². The molecule has 4 N–H and O–H groups in total. The number of benzene rings is 1. The van der Waals surface area contributed by atoms with Crippen molar-refractivity contribution in [2.75, 3.05) is 11.5 Å². The number of nitrogens with zero attached hydrogens (tertiary/aromatic N) is 2. The molecule has 1 heterocycles. The summed E-state index contributed by atoms with van der Waals surface area (Å²) in [6.07, 6.45) is 4.96.